The van der Waals surface area contributed by atoms with Gasteiger partial charge in [-0.25, -0.2) is 8.42 Å². The highest BCUT2D eigenvalue weighted by Gasteiger charge is 2.30. The van der Waals surface area contributed by atoms with Gasteiger partial charge in [0.15, 0.2) is 0 Å². The van der Waals surface area contributed by atoms with E-state index in [0.29, 0.717) is 24.1 Å². The van der Waals surface area contributed by atoms with Crippen LogP contribution in [0.4, 0.5) is 0 Å². The van der Waals surface area contributed by atoms with Crippen LogP contribution < -0.4 is 0 Å². The summed E-state index contributed by atoms with van der Waals surface area (Å²) in [6, 6.07) is 5.62. The van der Waals surface area contributed by atoms with Gasteiger partial charge in [0.05, 0.1) is 11.0 Å². The molecule has 2 aliphatic rings. The molecule has 0 aliphatic carbocycles. The normalized spacial score (nSPS) is 24.2. The molecular formula is C17H26N2O3S. The lowest BCUT2D eigenvalue weighted by Crippen LogP contribution is -2.50. The highest BCUT2D eigenvalue weighted by Crippen LogP contribution is 2.23. The van der Waals surface area contributed by atoms with Crippen molar-refractivity contribution in [3.05, 3.63) is 29.3 Å². The molecule has 3 rings (SSSR count). The Hall–Kier alpha value is -0.950. The van der Waals surface area contributed by atoms with Crippen molar-refractivity contribution in [1.82, 2.24) is 9.21 Å². The molecule has 0 spiro atoms. The van der Waals surface area contributed by atoms with Crippen LogP contribution in [0.15, 0.2) is 23.1 Å². The molecule has 1 atom stereocenters. The fourth-order valence-corrected chi connectivity index (χ4v) is 5.08. The lowest BCUT2D eigenvalue weighted by atomic mass is 10.2. The lowest BCUT2D eigenvalue weighted by Gasteiger charge is -2.35. The third-order valence-corrected chi connectivity index (χ3v) is 6.82. The Bertz CT molecular complexity index is 646. The van der Waals surface area contributed by atoms with Gasteiger partial charge < -0.3 is 4.74 Å². The number of piperazine rings is 1. The number of hydrogen-bond acceptors (Lipinski definition) is 4. The van der Waals surface area contributed by atoms with E-state index in [1.807, 2.05) is 26.0 Å². The van der Waals surface area contributed by atoms with Crippen molar-refractivity contribution in [1.29, 1.82) is 0 Å². The van der Waals surface area contributed by atoms with Crippen molar-refractivity contribution >= 4 is 10.0 Å². The van der Waals surface area contributed by atoms with E-state index in [4.69, 9.17) is 4.74 Å². The first-order valence-corrected chi connectivity index (χ1v) is 9.82. The summed E-state index contributed by atoms with van der Waals surface area (Å²) in [6.45, 7) is 8.26. The minimum Gasteiger partial charge on any atom is -0.377 e. The number of rotatable bonds is 4. The summed E-state index contributed by atoms with van der Waals surface area (Å²) in [6.07, 6.45) is 2.60. The minimum atomic E-state index is -3.39. The van der Waals surface area contributed by atoms with Crippen molar-refractivity contribution in [2.75, 3.05) is 39.3 Å². The largest absolute Gasteiger partial charge is 0.377 e. The summed E-state index contributed by atoms with van der Waals surface area (Å²) in [5.74, 6) is 0. The van der Waals surface area contributed by atoms with E-state index >= 15 is 0 Å². The van der Waals surface area contributed by atoms with Crippen LogP contribution in [-0.2, 0) is 14.8 Å². The molecule has 0 N–H and O–H groups in total. The van der Waals surface area contributed by atoms with Crippen molar-refractivity contribution in [2.45, 2.75) is 37.7 Å². The van der Waals surface area contributed by atoms with E-state index in [9.17, 15) is 8.42 Å². The molecule has 0 radical (unpaired) electrons. The van der Waals surface area contributed by atoms with Crippen LogP contribution in [0.25, 0.3) is 0 Å². The van der Waals surface area contributed by atoms with E-state index in [0.717, 1.165) is 50.2 Å². The Morgan fingerprint density at radius 1 is 1.17 bits per heavy atom. The second-order valence-corrected chi connectivity index (χ2v) is 8.52. The van der Waals surface area contributed by atoms with Crippen molar-refractivity contribution in [3.8, 4) is 0 Å². The predicted molar refractivity (Wildman–Crippen MR) is 90.1 cm³/mol. The van der Waals surface area contributed by atoms with Gasteiger partial charge in [0.2, 0.25) is 10.0 Å². The van der Waals surface area contributed by atoms with E-state index in [1.165, 1.54) is 0 Å². The SMILES string of the molecule is Cc1ccc(C)c(S(=O)(=O)N2CCN(CC3CCCO3)CC2)c1. The van der Waals surface area contributed by atoms with Crippen LogP contribution in [0.2, 0.25) is 0 Å². The maximum absolute atomic E-state index is 12.9. The second kappa shape index (κ2) is 6.89. The third-order valence-electron chi connectivity index (χ3n) is 4.78. The van der Waals surface area contributed by atoms with Gasteiger partial charge >= 0.3 is 0 Å². The van der Waals surface area contributed by atoms with E-state index in [2.05, 4.69) is 4.90 Å². The van der Waals surface area contributed by atoms with Gasteiger partial charge in [-0.15, -0.1) is 0 Å². The van der Waals surface area contributed by atoms with Gasteiger partial charge in [0.25, 0.3) is 0 Å². The molecule has 1 aromatic rings. The minimum absolute atomic E-state index is 0.331. The smallest absolute Gasteiger partial charge is 0.243 e. The summed E-state index contributed by atoms with van der Waals surface area (Å²) in [7, 11) is -3.39. The molecule has 23 heavy (non-hydrogen) atoms. The monoisotopic (exact) mass is 338 g/mol. The van der Waals surface area contributed by atoms with Gasteiger partial charge in [-0.2, -0.15) is 4.31 Å². The Balaban J connectivity index is 1.65. The fourth-order valence-electron chi connectivity index (χ4n) is 3.35. The first-order chi connectivity index (χ1) is 11.0. The zero-order chi connectivity index (χ0) is 16.4. The number of aryl methyl sites for hydroxylation is 2. The molecule has 1 unspecified atom stereocenters. The molecule has 2 saturated heterocycles. The molecular weight excluding hydrogens is 312 g/mol. The second-order valence-electron chi connectivity index (χ2n) is 6.61. The summed E-state index contributed by atoms with van der Waals surface area (Å²) in [4.78, 5) is 2.77. The zero-order valence-electron chi connectivity index (χ0n) is 14.0. The third kappa shape index (κ3) is 3.76. The Morgan fingerprint density at radius 2 is 1.91 bits per heavy atom. The van der Waals surface area contributed by atoms with Gasteiger partial charge in [0.1, 0.15) is 0 Å². The zero-order valence-corrected chi connectivity index (χ0v) is 14.8. The van der Waals surface area contributed by atoms with Crippen LogP contribution in [0.1, 0.15) is 24.0 Å². The lowest BCUT2D eigenvalue weighted by molar-refractivity contribution is 0.0617. The molecule has 2 aliphatic heterocycles. The molecule has 128 valence electrons. The number of hydrogen-bond donors (Lipinski definition) is 0. The number of nitrogens with zero attached hydrogens (tertiary/aromatic N) is 2. The summed E-state index contributed by atoms with van der Waals surface area (Å²) < 4.78 is 33.1. The molecule has 2 heterocycles. The average molecular weight is 338 g/mol. The van der Waals surface area contributed by atoms with Crippen LogP contribution >= 0.6 is 0 Å². The first kappa shape index (κ1) is 16.9. The van der Waals surface area contributed by atoms with Gasteiger partial charge in [-0.3, -0.25) is 4.90 Å². The molecule has 0 saturated carbocycles. The summed E-state index contributed by atoms with van der Waals surface area (Å²) >= 11 is 0. The Labute approximate surface area is 139 Å². The molecule has 5 nitrogen and oxygen atoms in total. The Morgan fingerprint density at radius 3 is 2.57 bits per heavy atom. The highest BCUT2D eigenvalue weighted by molar-refractivity contribution is 7.89. The van der Waals surface area contributed by atoms with Crippen molar-refractivity contribution in [2.24, 2.45) is 0 Å². The van der Waals surface area contributed by atoms with E-state index in [1.54, 1.807) is 10.4 Å². The van der Waals surface area contributed by atoms with Crippen LogP contribution in [0.5, 0.6) is 0 Å². The molecule has 0 aromatic heterocycles. The molecule has 6 heteroatoms. The van der Waals surface area contributed by atoms with Crippen LogP contribution in [-0.4, -0.2) is 63.1 Å². The highest BCUT2D eigenvalue weighted by atomic mass is 32.2. The number of benzene rings is 1. The van der Waals surface area contributed by atoms with Gasteiger partial charge in [-0.05, 0) is 43.9 Å². The quantitative estimate of drug-likeness (QED) is 0.840. The number of ether oxygens (including phenoxy) is 1. The fraction of sp³-hybridized carbons (Fsp3) is 0.647. The summed E-state index contributed by atoms with van der Waals surface area (Å²) in [5, 5.41) is 0. The van der Waals surface area contributed by atoms with E-state index in [-0.39, 0.29) is 0 Å². The molecule has 2 fully saturated rings. The molecule has 0 bridgehead atoms. The Kier molecular flexibility index (Phi) is 5.06. The van der Waals surface area contributed by atoms with E-state index < -0.39 is 10.0 Å². The van der Waals surface area contributed by atoms with Crippen LogP contribution in [0.3, 0.4) is 0 Å². The molecule has 0 amide bonds. The predicted octanol–water partition coefficient (Wildman–Crippen LogP) is 1.79. The summed E-state index contributed by atoms with van der Waals surface area (Å²) in [5.41, 5.74) is 1.79. The van der Waals surface area contributed by atoms with Crippen molar-refractivity contribution < 1.29 is 13.2 Å². The standard InChI is InChI=1S/C17H26N2O3S/c1-14-5-6-15(2)17(12-14)23(20,21)19-9-7-18(8-10-19)13-16-4-3-11-22-16/h5-6,12,16H,3-4,7-11,13H2,1-2H3. The average Bonchev–Trinajstić information content (AvgIpc) is 3.03. The van der Waals surface area contributed by atoms with Gasteiger partial charge in [0, 0.05) is 39.3 Å². The van der Waals surface area contributed by atoms with Gasteiger partial charge in [-0.1, -0.05) is 12.1 Å². The maximum atomic E-state index is 12.9. The number of sulfonamides is 1. The van der Waals surface area contributed by atoms with Crippen molar-refractivity contribution in [3.63, 3.8) is 0 Å². The topological polar surface area (TPSA) is 49.9 Å². The van der Waals surface area contributed by atoms with Crippen LogP contribution in [0, 0.1) is 13.8 Å². The first-order valence-electron chi connectivity index (χ1n) is 8.38. The molecule has 1 aromatic carbocycles. The maximum Gasteiger partial charge on any atom is 0.243 e.